The Bertz CT molecular complexity index is 1160. The number of carbonyl (C=O) groups excluding carboxylic acids is 4. The maximum Gasteiger partial charge on any atom is 0.242 e. The number of nitrogens with zero attached hydrogens (tertiary/aromatic N) is 3. The maximum atomic E-state index is 13.8. The van der Waals surface area contributed by atoms with Crippen LogP contribution >= 0.6 is 0 Å². The first kappa shape index (κ1) is 41.0. The summed E-state index contributed by atoms with van der Waals surface area (Å²) in [4.78, 5) is 58.3. The van der Waals surface area contributed by atoms with Crippen molar-refractivity contribution in [1.29, 1.82) is 0 Å². The van der Waals surface area contributed by atoms with Gasteiger partial charge in [0.15, 0.2) is 0 Å². The molecule has 0 aliphatic carbocycles. The first-order valence-electron chi connectivity index (χ1n) is 17.4. The van der Waals surface area contributed by atoms with Crippen molar-refractivity contribution < 1.29 is 28.7 Å². The number of anilines is 1. The van der Waals surface area contributed by atoms with Gasteiger partial charge in [-0.05, 0) is 56.3 Å². The molecule has 0 aromatic heterocycles. The van der Waals surface area contributed by atoms with E-state index in [0.29, 0.717) is 25.9 Å². The van der Waals surface area contributed by atoms with E-state index in [4.69, 9.17) is 9.47 Å². The third kappa shape index (κ3) is 11.4. The van der Waals surface area contributed by atoms with Crippen molar-refractivity contribution in [3.8, 4) is 0 Å². The molecular formula is C36H62N6O6. The Labute approximate surface area is 288 Å². The van der Waals surface area contributed by atoms with Crippen LogP contribution in [0, 0.1) is 11.8 Å². The molecule has 0 radical (unpaired) electrons. The van der Waals surface area contributed by atoms with Crippen LogP contribution in [-0.4, -0.2) is 126 Å². The standard InChI is InChI=1S/C36H62N6O6/c1-11-13-28(41(8)32(44)23-39-36(46)33(37-5)24(2)3)30(47-9)22-31(43)42-21-12-14-29(42)34(48-10)25(4)35(45)38-20-19-26-15-17-27(18-16-26)40(6)7/h15-18,24-25,28-30,33-34,37H,11-14,19-23H2,1-10H3,(H,38,45)(H,39,46). The van der Waals surface area contributed by atoms with E-state index >= 15 is 0 Å². The van der Waals surface area contributed by atoms with E-state index < -0.39 is 24.2 Å². The summed E-state index contributed by atoms with van der Waals surface area (Å²) < 4.78 is 11.7. The zero-order valence-electron chi connectivity index (χ0n) is 31.0. The molecule has 1 aliphatic rings. The molecule has 6 unspecified atom stereocenters. The monoisotopic (exact) mass is 674 g/mol. The van der Waals surface area contributed by atoms with Gasteiger partial charge in [-0.1, -0.05) is 46.2 Å². The quantitative estimate of drug-likeness (QED) is 0.192. The van der Waals surface area contributed by atoms with Gasteiger partial charge in [0.1, 0.15) is 0 Å². The fraction of sp³-hybridized carbons (Fsp3) is 0.722. The second-order valence-corrected chi connectivity index (χ2v) is 13.5. The number of amides is 4. The largest absolute Gasteiger partial charge is 0.379 e. The summed E-state index contributed by atoms with van der Waals surface area (Å²) in [5, 5.41) is 8.79. The molecule has 0 saturated carbocycles. The van der Waals surface area contributed by atoms with Crippen LogP contribution in [0.4, 0.5) is 5.69 Å². The second kappa shape index (κ2) is 20.3. The van der Waals surface area contributed by atoms with Crippen molar-refractivity contribution in [2.24, 2.45) is 11.8 Å². The first-order chi connectivity index (χ1) is 22.8. The normalized spacial score (nSPS) is 17.7. The van der Waals surface area contributed by atoms with E-state index in [0.717, 1.165) is 30.5 Å². The van der Waals surface area contributed by atoms with Crippen molar-refractivity contribution >= 4 is 29.3 Å². The van der Waals surface area contributed by atoms with Crippen LogP contribution in [0.25, 0.3) is 0 Å². The fourth-order valence-corrected chi connectivity index (χ4v) is 6.68. The molecule has 12 nitrogen and oxygen atoms in total. The van der Waals surface area contributed by atoms with Crippen LogP contribution in [0.2, 0.25) is 0 Å². The minimum absolute atomic E-state index is 0.0702. The number of ether oxygens (including phenoxy) is 2. The van der Waals surface area contributed by atoms with Crippen molar-refractivity contribution in [3.05, 3.63) is 29.8 Å². The molecule has 2 rings (SSSR count). The molecule has 1 heterocycles. The lowest BCUT2D eigenvalue weighted by Crippen LogP contribution is -2.53. The molecule has 0 bridgehead atoms. The minimum Gasteiger partial charge on any atom is -0.379 e. The Balaban J connectivity index is 2.03. The van der Waals surface area contributed by atoms with Crippen LogP contribution in [0.3, 0.4) is 0 Å². The highest BCUT2D eigenvalue weighted by molar-refractivity contribution is 5.87. The van der Waals surface area contributed by atoms with Gasteiger partial charge in [-0.2, -0.15) is 0 Å². The topological polar surface area (TPSA) is 133 Å². The van der Waals surface area contributed by atoms with Crippen LogP contribution in [0.1, 0.15) is 65.4 Å². The van der Waals surface area contributed by atoms with Gasteiger partial charge >= 0.3 is 0 Å². The smallest absolute Gasteiger partial charge is 0.242 e. The zero-order valence-corrected chi connectivity index (χ0v) is 31.0. The highest BCUT2D eigenvalue weighted by atomic mass is 16.5. The molecule has 48 heavy (non-hydrogen) atoms. The van der Waals surface area contributed by atoms with E-state index in [1.807, 2.05) is 51.6 Å². The predicted octanol–water partition coefficient (Wildman–Crippen LogP) is 2.45. The van der Waals surface area contributed by atoms with Crippen LogP contribution in [0.5, 0.6) is 0 Å². The summed E-state index contributed by atoms with van der Waals surface area (Å²) in [6.45, 7) is 8.69. The summed E-state index contributed by atoms with van der Waals surface area (Å²) in [6, 6.07) is 7.26. The maximum absolute atomic E-state index is 13.8. The van der Waals surface area contributed by atoms with Gasteiger partial charge in [0.2, 0.25) is 23.6 Å². The SMILES string of the molecule is CCCC(C(CC(=O)N1CCCC1C(OC)C(C)C(=O)NCCc1ccc(N(C)C)cc1)OC)N(C)C(=O)CNC(=O)C(NC)C(C)C. The van der Waals surface area contributed by atoms with Crippen molar-refractivity contribution in [2.45, 2.75) is 96.6 Å². The van der Waals surface area contributed by atoms with Gasteiger partial charge < -0.3 is 40.1 Å². The second-order valence-electron chi connectivity index (χ2n) is 13.5. The van der Waals surface area contributed by atoms with E-state index in [1.165, 1.54) is 0 Å². The number of hydrogen-bond donors (Lipinski definition) is 3. The van der Waals surface area contributed by atoms with Crippen molar-refractivity contribution in [2.75, 3.05) is 66.9 Å². The minimum atomic E-state index is -0.544. The Morgan fingerprint density at radius 2 is 1.65 bits per heavy atom. The summed E-state index contributed by atoms with van der Waals surface area (Å²) in [6.07, 6.45) is 2.75. The number of benzene rings is 1. The number of methoxy groups -OCH3 is 2. The van der Waals surface area contributed by atoms with Gasteiger partial charge in [-0.15, -0.1) is 0 Å². The van der Waals surface area contributed by atoms with Gasteiger partial charge in [-0.25, -0.2) is 0 Å². The van der Waals surface area contributed by atoms with Crippen molar-refractivity contribution in [1.82, 2.24) is 25.8 Å². The van der Waals surface area contributed by atoms with E-state index in [2.05, 4.69) is 40.2 Å². The third-order valence-corrected chi connectivity index (χ3v) is 9.60. The lowest BCUT2D eigenvalue weighted by atomic mass is 9.94. The number of nitrogens with one attached hydrogen (secondary N) is 3. The van der Waals surface area contributed by atoms with Gasteiger partial charge in [-0.3, -0.25) is 19.2 Å². The number of likely N-dealkylation sites (N-methyl/N-ethyl adjacent to an activating group) is 2. The molecule has 0 spiro atoms. The molecule has 12 heteroatoms. The average Bonchev–Trinajstić information content (AvgIpc) is 3.55. The molecule has 1 aromatic rings. The molecular weight excluding hydrogens is 612 g/mol. The number of hydrogen-bond acceptors (Lipinski definition) is 8. The van der Waals surface area contributed by atoms with Gasteiger partial charge in [0, 0.05) is 54.1 Å². The highest BCUT2D eigenvalue weighted by Gasteiger charge is 2.41. The molecule has 1 fully saturated rings. The van der Waals surface area contributed by atoms with E-state index in [9.17, 15) is 19.2 Å². The van der Waals surface area contributed by atoms with Crippen LogP contribution in [-0.2, 0) is 35.1 Å². The highest BCUT2D eigenvalue weighted by Crippen LogP contribution is 2.28. The molecule has 6 atom stereocenters. The van der Waals surface area contributed by atoms with Crippen LogP contribution < -0.4 is 20.9 Å². The Morgan fingerprint density at radius 3 is 2.19 bits per heavy atom. The molecule has 3 N–H and O–H groups in total. The Morgan fingerprint density at radius 1 is 0.979 bits per heavy atom. The van der Waals surface area contributed by atoms with Gasteiger partial charge in [0.05, 0.1) is 49.2 Å². The molecule has 1 saturated heterocycles. The summed E-state index contributed by atoms with van der Waals surface area (Å²) >= 11 is 0. The van der Waals surface area contributed by atoms with Crippen LogP contribution in [0.15, 0.2) is 24.3 Å². The summed E-state index contributed by atoms with van der Waals surface area (Å²) in [5.74, 6) is -1.08. The number of carbonyl (C=O) groups is 4. The molecule has 1 aliphatic heterocycles. The summed E-state index contributed by atoms with van der Waals surface area (Å²) in [5.41, 5.74) is 2.27. The zero-order chi connectivity index (χ0) is 36.0. The Hall–Kier alpha value is -3.22. The average molecular weight is 675 g/mol. The van der Waals surface area contributed by atoms with Gasteiger partial charge in [0.25, 0.3) is 0 Å². The first-order valence-corrected chi connectivity index (χ1v) is 17.4. The summed E-state index contributed by atoms with van der Waals surface area (Å²) in [7, 11) is 10.6. The Kier molecular flexibility index (Phi) is 17.3. The predicted molar refractivity (Wildman–Crippen MR) is 190 cm³/mol. The number of likely N-dealkylation sites (tertiary alicyclic amines) is 1. The number of rotatable bonds is 20. The molecule has 4 amide bonds. The molecule has 1 aromatic carbocycles. The molecule has 272 valence electrons. The lowest BCUT2D eigenvalue weighted by Gasteiger charge is -2.37. The van der Waals surface area contributed by atoms with Crippen molar-refractivity contribution in [3.63, 3.8) is 0 Å². The third-order valence-electron chi connectivity index (χ3n) is 9.60. The lowest BCUT2D eigenvalue weighted by molar-refractivity contribution is -0.144. The van der Waals surface area contributed by atoms with E-state index in [-0.39, 0.29) is 54.6 Å². The van der Waals surface area contributed by atoms with E-state index in [1.54, 1.807) is 33.2 Å². The fourth-order valence-electron chi connectivity index (χ4n) is 6.68.